The summed E-state index contributed by atoms with van der Waals surface area (Å²) < 4.78 is 10.8. The molecule has 2 aromatic rings. The predicted octanol–water partition coefficient (Wildman–Crippen LogP) is 3.19. The first-order chi connectivity index (χ1) is 12.7. The molecule has 2 rings (SSSR count). The number of rotatable bonds is 9. The number of guanidine groups is 1. The van der Waals surface area contributed by atoms with E-state index in [1.165, 1.54) is 5.56 Å². The maximum atomic E-state index is 5.71. The Bertz CT molecular complexity index is 675. The summed E-state index contributed by atoms with van der Waals surface area (Å²) in [5.41, 5.74) is 2.22. The van der Waals surface area contributed by atoms with E-state index in [9.17, 15) is 0 Å². The Balaban J connectivity index is 0.00000364. The van der Waals surface area contributed by atoms with Gasteiger partial charge in [-0.3, -0.25) is 9.98 Å². The largest absolute Gasteiger partial charge is 0.497 e. The first kappa shape index (κ1) is 23.0. The molecule has 0 amide bonds. The third-order valence-corrected chi connectivity index (χ3v) is 3.71. The molecule has 0 aliphatic rings. The summed E-state index contributed by atoms with van der Waals surface area (Å²) in [6.45, 7) is 6.79. The highest BCUT2D eigenvalue weighted by Crippen LogP contribution is 2.16. The first-order valence-electron chi connectivity index (χ1n) is 8.92. The van der Waals surface area contributed by atoms with Crippen LogP contribution in [0.1, 0.15) is 18.2 Å². The van der Waals surface area contributed by atoms with Crippen LogP contribution in [0.4, 0.5) is 0 Å². The van der Waals surface area contributed by atoms with E-state index in [2.05, 4.69) is 33.6 Å². The molecule has 6 nitrogen and oxygen atoms in total. The number of halogens is 1. The van der Waals surface area contributed by atoms with E-state index in [0.717, 1.165) is 36.1 Å². The molecule has 0 radical (unpaired) electrons. The maximum Gasteiger partial charge on any atom is 0.191 e. The summed E-state index contributed by atoms with van der Waals surface area (Å²) in [6, 6.07) is 11.7. The van der Waals surface area contributed by atoms with Gasteiger partial charge < -0.3 is 20.1 Å². The zero-order valence-corrected chi connectivity index (χ0v) is 18.5. The highest BCUT2D eigenvalue weighted by Gasteiger charge is 1.99. The molecule has 2 N–H and O–H groups in total. The van der Waals surface area contributed by atoms with Crippen LogP contribution in [0.2, 0.25) is 0 Å². The van der Waals surface area contributed by atoms with E-state index in [1.54, 1.807) is 7.11 Å². The number of aliphatic imine (C=N–C) groups is 1. The fourth-order valence-electron chi connectivity index (χ4n) is 2.30. The number of hydrogen-bond acceptors (Lipinski definition) is 4. The third-order valence-electron chi connectivity index (χ3n) is 3.71. The number of pyridine rings is 1. The lowest BCUT2D eigenvalue weighted by Gasteiger charge is -2.12. The van der Waals surface area contributed by atoms with Gasteiger partial charge in [0.2, 0.25) is 0 Å². The summed E-state index contributed by atoms with van der Waals surface area (Å²) in [7, 11) is 1.65. The molecule has 0 saturated heterocycles. The van der Waals surface area contributed by atoms with Gasteiger partial charge in [0.15, 0.2) is 5.96 Å². The van der Waals surface area contributed by atoms with Gasteiger partial charge in [0.25, 0.3) is 0 Å². The molecule has 0 aliphatic carbocycles. The van der Waals surface area contributed by atoms with Gasteiger partial charge in [0, 0.05) is 25.0 Å². The van der Waals surface area contributed by atoms with Gasteiger partial charge in [0.1, 0.15) is 18.1 Å². The van der Waals surface area contributed by atoms with Crippen molar-refractivity contribution in [3.8, 4) is 11.5 Å². The number of nitrogens with one attached hydrogen (secondary N) is 2. The zero-order chi connectivity index (χ0) is 18.6. The van der Waals surface area contributed by atoms with Crippen molar-refractivity contribution in [2.45, 2.75) is 20.3 Å². The van der Waals surface area contributed by atoms with Gasteiger partial charge in [-0.1, -0.05) is 6.07 Å². The second-order valence-electron chi connectivity index (χ2n) is 5.77. The smallest absolute Gasteiger partial charge is 0.191 e. The molecule has 0 bridgehead atoms. The van der Waals surface area contributed by atoms with Gasteiger partial charge >= 0.3 is 0 Å². The van der Waals surface area contributed by atoms with Gasteiger partial charge in [-0.15, -0.1) is 24.0 Å². The second kappa shape index (κ2) is 13.2. The van der Waals surface area contributed by atoms with E-state index < -0.39 is 0 Å². The number of hydrogen-bond donors (Lipinski definition) is 2. The zero-order valence-electron chi connectivity index (χ0n) is 16.2. The van der Waals surface area contributed by atoms with Crippen molar-refractivity contribution in [3.05, 3.63) is 53.9 Å². The lowest BCUT2D eigenvalue weighted by molar-refractivity contribution is 0.321. The molecule has 1 aromatic heterocycles. The fourth-order valence-corrected chi connectivity index (χ4v) is 2.30. The minimum Gasteiger partial charge on any atom is -0.497 e. The molecule has 0 spiro atoms. The average Bonchev–Trinajstić information content (AvgIpc) is 2.67. The lowest BCUT2D eigenvalue weighted by atomic mass is 10.2. The van der Waals surface area contributed by atoms with Crippen molar-refractivity contribution in [2.24, 2.45) is 4.99 Å². The van der Waals surface area contributed by atoms with E-state index in [1.807, 2.05) is 43.5 Å². The molecule has 7 heteroatoms. The number of nitrogens with zero attached hydrogens (tertiary/aromatic N) is 2. The SMILES string of the molecule is CCNC(=NCCc1ccc(C)nc1)NCCOc1ccc(OC)cc1.I. The Labute approximate surface area is 178 Å². The van der Waals surface area contributed by atoms with Gasteiger partial charge in [0.05, 0.1) is 13.7 Å². The van der Waals surface area contributed by atoms with Gasteiger partial charge in [-0.2, -0.15) is 0 Å². The van der Waals surface area contributed by atoms with Gasteiger partial charge in [-0.25, -0.2) is 0 Å². The molecule has 0 saturated carbocycles. The highest BCUT2D eigenvalue weighted by atomic mass is 127. The maximum absolute atomic E-state index is 5.71. The number of ether oxygens (including phenoxy) is 2. The number of benzene rings is 1. The van der Waals surface area contributed by atoms with Crippen LogP contribution in [0.15, 0.2) is 47.6 Å². The van der Waals surface area contributed by atoms with Crippen molar-refractivity contribution in [2.75, 3.05) is 33.4 Å². The minimum atomic E-state index is 0. The normalized spacial score (nSPS) is 10.7. The average molecular weight is 484 g/mol. The van der Waals surface area contributed by atoms with Crippen molar-refractivity contribution in [1.29, 1.82) is 0 Å². The van der Waals surface area contributed by atoms with Crippen molar-refractivity contribution in [3.63, 3.8) is 0 Å². The summed E-state index contributed by atoms with van der Waals surface area (Å²) >= 11 is 0. The Morgan fingerprint density at radius 2 is 1.81 bits per heavy atom. The summed E-state index contributed by atoms with van der Waals surface area (Å²) in [6.07, 6.45) is 2.78. The van der Waals surface area contributed by atoms with Crippen molar-refractivity contribution in [1.82, 2.24) is 15.6 Å². The quantitative estimate of drug-likeness (QED) is 0.248. The number of aryl methyl sites for hydroxylation is 1. The number of methoxy groups -OCH3 is 1. The number of aromatic nitrogens is 1. The molecular weight excluding hydrogens is 455 g/mol. The van der Waals surface area contributed by atoms with Crippen LogP contribution < -0.4 is 20.1 Å². The molecule has 1 heterocycles. The van der Waals surface area contributed by atoms with Crippen LogP contribution in [-0.2, 0) is 6.42 Å². The molecule has 0 fully saturated rings. The molecule has 27 heavy (non-hydrogen) atoms. The molecule has 0 unspecified atom stereocenters. The molecule has 0 atom stereocenters. The Morgan fingerprint density at radius 3 is 2.44 bits per heavy atom. The summed E-state index contributed by atoms with van der Waals surface area (Å²) in [5, 5.41) is 6.53. The third kappa shape index (κ3) is 8.94. The summed E-state index contributed by atoms with van der Waals surface area (Å²) in [5.74, 6) is 2.44. The minimum absolute atomic E-state index is 0. The Morgan fingerprint density at radius 1 is 1.07 bits per heavy atom. The lowest BCUT2D eigenvalue weighted by Crippen LogP contribution is -2.39. The van der Waals surface area contributed by atoms with Crippen LogP contribution in [0.3, 0.4) is 0 Å². The monoisotopic (exact) mass is 484 g/mol. The summed E-state index contributed by atoms with van der Waals surface area (Å²) in [4.78, 5) is 8.90. The topological polar surface area (TPSA) is 67.8 Å². The predicted molar refractivity (Wildman–Crippen MR) is 121 cm³/mol. The Kier molecular flexibility index (Phi) is 11.2. The highest BCUT2D eigenvalue weighted by molar-refractivity contribution is 14.0. The molecule has 0 aliphatic heterocycles. The molecule has 148 valence electrons. The van der Waals surface area contributed by atoms with Crippen LogP contribution in [-0.4, -0.2) is 44.3 Å². The fraction of sp³-hybridized carbons (Fsp3) is 0.400. The van der Waals surface area contributed by atoms with Crippen LogP contribution >= 0.6 is 24.0 Å². The van der Waals surface area contributed by atoms with Crippen LogP contribution in [0.25, 0.3) is 0 Å². The van der Waals surface area contributed by atoms with Crippen LogP contribution in [0.5, 0.6) is 11.5 Å². The van der Waals surface area contributed by atoms with E-state index in [-0.39, 0.29) is 24.0 Å². The standard InChI is InChI=1S/C20H28N4O2.HI/c1-4-21-20(22-12-11-17-6-5-16(2)24-15-17)23-13-14-26-19-9-7-18(25-3)8-10-19;/h5-10,15H,4,11-14H2,1-3H3,(H2,21,22,23);1H. The Hall–Kier alpha value is -2.03. The van der Waals surface area contributed by atoms with E-state index in [4.69, 9.17) is 9.47 Å². The van der Waals surface area contributed by atoms with Crippen molar-refractivity contribution < 1.29 is 9.47 Å². The van der Waals surface area contributed by atoms with Crippen molar-refractivity contribution >= 4 is 29.9 Å². The second-order valence-corrected chi connectivity index (χ2v) is 5.77. The molecular formula is C20H29IN4O2. The first-order valence-corrected chi connectivity index (χ1v) is 8.92. The van der Waals surface area contributed by atoms with Gasteiger partial charge in [-0.05, 0) is 56.2 Å². The van der Waals surface area contributed by atoms with Crippen LogP contribution in [0, 0.1) is 6.92 Å². The van der Waals surface area contributed by atoms with E-state index >= 15 is 0 Å². The van der Waals surface area contributed by atoms with E-state index in [0.29, 0.717) is 19.7 Å². The molecule has 1 aromatic carbocycles.